The Morgan fingerprint density at radius 3 is 2.14 bits per heavy atom. The number of aromatic nitrogens is 1. The van der Waals surface area contributed by atoms with Crippen LogP contribution in [0.5, 0.6) is 23.0 Å². The number of carbonyl (C=O) groups excluding carboxylic acids is 2. The predicted octanol–water partition coefficient (Wildman–Crippen LogP) is 6.99. The van der Waals surface area contributed by atoms with Crippen LogP contribution in [-0.2, 0) is 10.9 Å². The van der Waals surface area contributed by atoms with E-state index >= 15 is 4.39 Å². The number of methoxy groups -OCH3 is 2. The molecule has 4 rings (SSSR count). The summed E-state index contributed by atoms with van der Waals surface area (Å²) in [5.74, 6) is -10.2. The third kappa shape index (κ3) is 6.47. The molecular formula is C26H18F8N2O6. The van der Waals surface area contributed by atoms with Gasteiger partial charge < -0.3 is 24.3 Å². The molecule has 1 aromatic heterocycles. The fourth-order valence-electron chi connectivity index (χ4n) is 3.88. The van der Waals surface area contributed by atoms with Gasteiger partial charge in [-0.05, 0) is 54.7 Å². The van der Waals surface area contributed by atoms with Crippen molar-refractivity contribution in [3.8, 4) is 23.0 Å². The van der Waals surface area contributed by atoms with Crippen LogP contribution in [0, 0.1) is 11.6 Å². The normalized spacial score (nSPS) is 13.4. The van der Waals surface area contributed by atoms with Crippen molar-refractivity contribution in [3.05, 3.63) is 70.5 Å². The Morgan fingerprint density at radius 1 is 0.929 bits per heavy atom. The predicted molar refractivity (Wildman–Crippen MR) is 127 cm³/mol. The van der Waals surface area contributed by atoms with Crippen molar-refractivity contribution >= 4 is 17.6 Å². The molecule has 1 aliphatic carbocycles. The molecule has 224 valence electrons. The van der Waals surface area contributed by atoms with Crippen LogP contribution in [0.4, 0.5) is 40.8 Å². The van der Waals surface area contributed by atoms with Crippen molar-refractivity contribution in [1.82, 2.24) is 4.98 Å². The fourth-order valence-corrected chi connectivity index (χ4v) is 3.88. The first-order chi connectivity index (χ1) is 19.6. The topological polar surface area (TPSA) is 96.0 Å². The Labute approximate surface area is 231 Å². The monoisotopic (exact) mass is 606 g/mol. The second-order valence-corrected chi connectivity index (χ2v) is 8.73. The molecule has 8 nitrogen and oxygen atoms in total. The number of alkyl halides is 6. The summed E-state index contributed by atoms with van der Waals surface area (Å²) in [4.78, 5) is 29.2. The highest BCUT2D eigenvalue weighted by molar-refractivity contribution is 6.07. The second kappa shape index (κ2) is 11.3. The van der Waals surface area contributed by atoms with Crippen LogP contribution < -0.4 is 19.5 Å². The third-order valence-electron chi connectivity index (χ3n) is 5.91. The van der Waals surface area contributed by atoms with Gasteiger partial charge in [0.15, 0.2) is 17.3 Å². The van der Waals surface area contributed by atoms with Crippen LogP contribution >= 0.6 is 0 Å². The Balaban J connectivity index is 1.79. The zero-order valence-corrected chi connectivity index (χ0v) is 21.4. The number of hydrogen-bond acceptors (Lipinski definition) is 7. The van der Waals surface area contributed by atoms with Crippen molar-refractivity contribution in [3.63, 3.8) is 0 Å². The van der Waals surface area contributed by atoms with Crippen LogP contribution in [0.25, 0.3) is 0 Å². The van der Waals surface area contributed by atoms with E-state index in [2.05, 4.69) is 19.8 Å². The molecule has 0 spiro atoms. The highest BCUT2D eigenvalue weighted by Gasteiger charge is 2.38. The number of nitrogens with one attached hydrogen (secondary N) is 1. The van der Waals surface area contributed by atoms with Gasteiger partial charge in [0.05, 0.1) is 19.8 Å². The number of benzene rings is 2. The maximum absolute atomic E-state index is 15.3. The summed E-state index contributed by atoms with van der Waals surface area (Å²) in [6.07, 6.45) is -7.93. The van der Waals surface area contributed by atoms with Crippen LogP contribution in [0.15, 0.2) is 36.5 Å². The Bertz CT molecular complexity index is 1540. The molecule has 1 N–H and O–H groups in total. The van der Waals surface area contributed by atoms with Gasteiger partial charge in [0.2, 0.25) is 11.6 Å². The van der Waals surface area contributed by atoms with Gasteiger partial charge in [0, 0.05) is 11.9 Å². The first-order valence-electron chi connectivity index (χ1n) is 11.7. The van der Waals surface area contributed by atoms with E-state index in [1.165, 1.54) is 6.20 Å². The lowest BCUT2D eigenvalue weighted by molar-refractivity contribution is -0.275. The minimum absolute atomic E-state index is 0.0714. The summed E-state index contributed by atoms with van der Waals surface area (Å²) in [7, 11) is 1.91. The lowest BCUT2D eigenvalue weighted by Crippen LogP contribution is -2.20. The molecule has 16 heteroatoms. The first-order valence-corrected chi connectivity index (χ1v) is 11.7. The van der Waals surface area contributed by atoms with Crippen molar-refractivity contribution in [1.29, 1.82) is 0 Å². The molecule has 0 bridgehead atoms. The van der Waals surface area contributed by atoms with Crippen molar-refractivity contribution < 1.29 is 63.7 Å². The van der Waals surface area contributed by atoms with E-state index in [9.17, 15) is 40.3 Å². The number of halogens is 8. The minimum Gasteiger partial charge on any atom is -0.490 e. The smallest absolute Gasteiger partial charge is 0.490 e. The van der Waals surface area contributed by atoms with E-state index in [0.29, 0.717) is 36.6 Å². The van der Waals surface area contributed by atoms with Gasteiger partial charge in [-0.15, -0.1) is 13.2 Å². The summed E-state index contributed by atoms with van der Waals surface area (Å²) >= 11 is 0. The summed E-state index contributed by atoms with van der Waals surface area (Å²) in [6, 6.07) is 3.10. The molecule has 1 saturated carbocycles. The van der Waals surface area contributed by atoms with Crippen LogP contribution in [-0.4, -0.2) is 37.4 Å². The fraction of sp³-hybridized carbons (Fsp3) is 0.269. The summed E-state index contributed by atoms with van der Waals surface area (Å²) < 4.78 is 127. The number of amides is 1. The second-order valence-electron chi connectivity index (χ2n) is 8.73. The molecule has 0 saturated heterocycles. The standard InChI is InChI=1S/C26H18F8N2O6/c1-39-22-18(8-7-17(21(22)28)42-26(32,33)34)41-16-6-5-13(25(29,30)31)20(27)19(16)23(37)36-14-9-15(24(38)40-2)35-10-12(14)11-3-4-11/h5-11H,3-4H2,1-2H3,(H,35,36,37). The number of hydrogen-bond donors (Lipinski definition) is 1. The summed E-state index contributed by atoms with van der Waals surface area (Å²) in [5, 5.41) is 2.26. The molecular weight excluding hydrogens is 588 g/mol. The Morgan fingerprint density at radius 2 is 1.57 bits per heavy atom. The number of pyridine rings is 1. The molecule has 3 aromatic rings. The maximum Gasteiger partial charge on any atom is 0.573 e. The van der Waals surface area contributed by atoms with E-state index in [-0.39, 0.29) is 23.4 Å². The van der Waals surface area contributed by atoms with Crippen molar-refractivity contribution in [2.45, 2.75) is 31.3 Å². The van der Waals surface area contributed by atoms with Crippen LogP contribution in [0.3, 0.4) is 0 Å². The molecule has 1 aliphatic rings. The Kier molecular flexibility index (Phi) is 8.18. The number of esters is 1. The molecule has 0 aliphatic heterocycles. The SMILES string of the molecule is COC(=O)c1cc(NC(=O)c2c(Oc3ccc(OC(F)(F)F)c(F)c3OC)ccc(C(F)(F)F)c2F)c(C2CC2)cn1. The highest BCUT2D eigenvalue weighted by Crippen LogP contribution is 2.45. The van der Waals surface area contributed by atoms with Crippen LogP contribution in [0.1, 0.15) is 50.7 Å². The summed E-state index contributed by atoms with van der Waals surface area (Å²) in [6.45, 7) is 0. The summed E-state index contributed by atoms with van der Waals surface area (Å²) in [5.41, 5.74) is -3.06. The van der Waals surface area contributed by atoms with Gasteiger partial charge in [0.25, 0.3) is 5.91 Å². The zero-order chi connectivity index (χ0) is 31.0. The average Bonchev–Trinajstić information content (AvgIpc) is 3.74. The molecule has 0 unspecified atom stereocenters. The van der Waals surface area contributed by atoms with Gasteiger partial charge >= 0.3 is 18.5 Å². The van der Waals surface area contributed by atoms with E-state index in [1.54, 1.807) is 0 Å². The number of nitrogens with zero attached hydrogens (tertiary/aromatic N) is 1. The first kappa shape index (κ1) is 30.3. The number of rotatable bonds is 8. The Hall–Kier alpha value is -4.63. The lowest BCUT2D eigenvalue weighted by atomic mass is 10.1. The van der Waals surface area contributed by atoms with Gasteiger partial charge in [-0.3, -0.25) is 4.79 Å². The quantitative estimate of drug-likeness (QED) is 0.218. The minimum atomic E-state index is -5.28. The van der Waals surface area contributed by atoms with Crippen LogP contribution in [0.2, 0.25) is 0 Å². The van der Waals surface area contributed by atoms with E-state index in [4.69, 9.17) is 9.47 Å². The maximum atomic E-state index is 15.3. The zero-order valence-electron chi connectivity index (χ0n) is 21.4. The number of ether oxygens (including phenoxy) is 4. The highest BCUT2D eigenvalue weighted by atomic mass is 19.4. The van der Waals surface area contributed by atoms with E-state index in [1.807, 2.05) is 0 Å². The number of anilines is 1. The largest absolute Gasteiger partial charge is 0.573 e. The third-order valence-corrected chi connectivity index (χ3v) is 5.91. The van der Waals surface area contributed by atoms with E-state index < -0.39 is 70.2 Å². The number of carbonyl (C=O) groups is 2. The molecule has 1 fully saturated rings. The van der Waals surface area contributed by atoms with Crippen molar-refractivity contribution in [2.24, 2.45) is 0 Å². The van der Waals surface area contributed by atoms with Gasteiger partial charge in [-0.1, -0.05) is 0 Å². The van der Waals surface area contributed by atoms with Gasteiger partial charge in [-0.2, -0.15) is 17.6 Å². The molecule has 1 amide bonds. The van der Waals surface area contributed by atoms with Gasteiger partial charge in [-0.25, -0.2) is 14.2 Å². The lowest BCUT2D eigenvalue weighted by Gasteiger charge is -2.19. The molecule has 2 aromatic carbocycles. The van der Waals surface area contributed by atoms with Gasteiger partial charge in [0.1, 0.15) is 17.0 Å². The molecule has 0 radical (unpaired) electrons. The average molecular weight is 606 g/mol. The molecule has 0 atom stereocenters. The molecule has 42 heavy (non-hydrogen) atoms. The van der Waals surface area contributed by atoms with E-state index in [0.717, 1.165) is 20.3 Å². The van der Waals surface area contributed by atoms with Crippen molar-refractivity contribution in [2.75, 3.05) is 19.5 Å². The molecule has 1 heterocycles.